The summed E-state index contributed by atoms with van der Waals surface area (Å²) >= 11 is 5.92. The van der Waals surface area contributed by atoms with Crippen LogP contribution < -0.4 is 0 Å². The summed E-state index contributed by atoms with van der Waals surface area (Å²) in [6.45, 7) is 4.50. The van der Waals surface area contributed by atoms with E-state index in [1.165, 1.54) is 0 Å². The number of hydrogen-bond acceptors (Lipinski definition) is 3. The van der Waals surface area contributed by atoms with Crippen molar-refractivity contribution in [1.82, 2.24) is 10.1 Å². The van der Waals surface area contributed by atoms with Gasteiger partial charge in [-0.05, 0) is 30.9 Å². The van der Waals surface area contributed by atoms with Gasteiger partial charge in [-0.2, -0.15) is 0 Å². The van der Waals surface area contributed by atoms with E-state index in [2.05, 4.69) is 5.16 Å². The molecule has 4 nitrogen and oxygen atoms in total. The number of carbonyl (C=O) groups excluding carboxylic acids is 1. The van der Waals surface area contributed by atoms with Gasteiger partial charge in [-0.1, -0.05) is 30.6 Å². The molecule has 0 bridgehead atoms. The lowest BCUT2D eigenvalue weighted by molar-refractivity contribution is 0.0714. The summed E-state index contributed by atoms with van der Waals surface area (Å²) in [6.07, 6.45) is 1.51. The first-order chi connectivity index (χ1) is 11.4. The van der Waals surface area contributed by atoms with Crippen LogP contribution >= 0.6 is 11.6 Å². The van der Waals surface area contributed by atoms with E-state index >= 15 is 0 Å². The van der Waals surface area contributed by atoms with Gasteiger partial charge in [-0.3, -0.25) is 4.79 Å². The maximum atomic E-state index is 13.5. The number of nitrogens with zero attached hydrogens (tertiary/aromatic N) is 2. The molecule has 1 aromatic carbocycles. The standard InChI is InChI=1S/C17H17ClF2N2O2/c1-9(2)14-8-16(24-21-14)15-4-3-5-22(15)17(23)10-6-12(19)13(20)7-11(10)18/h6-9,15H,3-5H2,1-2H3. The normalized spacial score (nSPS) is 17.8. The van der Waals surface area contributed by atoms with E-state index in [1.807, 2.05) is 19.9 Å². The van der Waals surface area contributed by atoms with E-state index in [0.29, 0.717) is 12.3 Å². The van der Waals surface area contributed by atoms with Crippen molar-refractivity contribution in [3.8, 4) is 0 Å². The van der Waals surface area contributed by atoms with Crippen molar-refractivity contribution in [3.63, 3.8) is 0 Å². The van der Waals surface area contributed by atoms with Crippen molar-refractivity contribution < 1.29 is 18.1 Å². The molecule has 1 aliphatic heterocycles. The lowest BCUT2D eigenvalue weighted by Crippen LogP contribution is -2.30. The van der Waals surface area contributed by atoms with Gasteiger partial charge >= 0.3 is 0 Å². The molecule has 1 atom stereocenters. The SMILES string of the molecule is CC(C)c1cc(C2CCCN2C(=O)c2cc(F)c(F)cc2Cl)on1. The van der Waals surface area contributed by atoms with Crippen LogP contribution in [0.5, 0.6) is 0 Å². The molecule has 7 heteroatoms. The predicted molar refractivity (Wildman–Crippen MR) is 85.0 cm³/mol. The molecule has 0 N–H and O–H groups in total. The van der Waals surface area contributed by atoms with E-state index < -0.39 is 17.5 Å². The Morgan fingerprint density at radius 2 is 2.04 bits per heavy atom. The molecule has 1 saturated heterocycles. The van der Waals surface area contributed by atoms with Crippen LogP contribution in [0.3, 0.4) is 0 Å². The van der Waals surface area contributed by atoms with Crippen LogP contribution in [0.2, 0.25) is 5.02 Å². The Labute approximate surface area is 143 Å². The Morgan fingerprint density at radius 3 is 2.71 bits per heavy atom. The van der Waals surface area contributed by atoms with Gasteiger partial charge in [0, 0.05) is 12.6 Å². The number of amides is 1. The van der Waals surface area contributed by atoms with Crippen molar-refractivity contribution in [2.24, 2.45) is 0 Å². The zero-order valence-corrected chi connectivity index (χ0v) is 14.1. The van der Waals surface area contributed by atoms with Gasteiger partial charge in [0.05, 0.1) is 22.3 Å². The van der Waals surface area contributed by atoms with Crippen molar-refractivity contribution in [1.29, 1.82) is 0 Å². The first-order valence-corrected chi connectivity index (χ1v) is 8.18. The summed E-state index contributed by atoms with van der Waals surface area (Å²) in [4.78, 5) is 14.3. The fourth-order valence-electron chi connectivity index (χ4n) is 2.88. The highest BCUT2D eigenvalue weighted by molar-refractivity contribution is 6.33. The van der Waals surface area contributed by atoms with E-state index in [4.69, 9.17) is 16.1 Å². The van der Waals surface area contributed by atoms with Crippen LogP contribution in [0.25, 0.3) is 0 Å². The molecule has 0 radical (unpaired) electrons. The maximum Gasteiger partial charge on any atom is 0.256 e. The first kappa shape index (κ1) is 16.9. The molecule has 2 heterocycles. The highest BCUT2D eigenvalue weighted by Crippen LogP contribution is 2.35. The van der Waals surface area contributed by atoms with Gasteiger partial charge in [-0.25, -0.2) is 8.78 Å². The highest BCUT2D eigenvalue weighted by atomic mass is 35.5. The minimum Gasteiger partial charge on any atom is -0.359 e. The van der Waals surface area contributed by atoms with E-state index in [1.54, 1.807) is 4.90 Å². The average Bonchev–Trinajstić information content (AvgIpc) is 3.18. The number of likely N-dealkylation sites (tertiary alicyclic amines) is 1. The molecule has 3 rings (SSSR count). The van der Waals surface area contributed by atoms with Crippen molar-refractivity contribution in [3.05, 3.63) is 51.9 Å². The molecule has 1 aromatic heterocycles. The molecule has 2 aromatic rings. The van der Waals surface area contributed by atoms with Crippen LogP contribution in [0, 0.1) is 11.6 Å². The minimum atomic E-state index is -1.10. The van der Waals surface area contributed by atoms with Crippen molar-refractivity contribution >= 4 is 17.5 Å². The molecule has 0 spiro atoms. The summed E-state index contributed by atoms with van der Waals surface area (Å²) < 4.78 is 32.1. The minimum absolute atomic E-state index is 0.0499. The second-order valence-corrected chi connectivity index (χ2v) is 6.62. The van der Waals surface area contributed by atoms with Crippen molar-refractivity contribution in [2.45, 2.75) is 38.6 Å². The lowest BCUT2D eigenvalue weighted by atomic mass is 10.1. The lowest BCUT2D eigenvalue weighted by Gasteiger charge is -2.23. The molecule has 1 unspecified atom stereocenters. The highest BCUT2D eigenvalue weighted by Gasteiger charge is 2.34. The Morgan fingerprint density at radius 1 is 1.33 bits per heavy atom. The molecule has 24 heavy (non-hydrogen) atoms. The number of carbonyl (C=O) groups is 1. The second-order valence-electron chi connectivity index (χ2n) is 6.21. The quantitative estimate of drug-likeness (QED) is 0.750. The largest absolute Gasteiger partial charge is 0.359 e. The second kappa shape index (κ2) is 6.51. The number of halogens is 3. The molecule has 1 amide bonds. The molecular formula is C17H17ClF2N2O2. The van der Waals surface area contributed by atoms with Crippen LogP contribution in [0.15, 0.2) is 22.7 Å². The maximum absolute atomic E-state index is 13.5. The van der Waals surface area contributed by atoms with Crippen LogP contribution in [-0.4, -0.2) is 22.5 Å². The summed E-state index contributed by atoms with van der Waals surface area (Å²) in [5.74, 6) is -1.80. The molecule has 1 fully saturated rings. The topological polar surface area (TPSA) is 46.3 Å². The Hall–Kier alpha value is -1.95. The first-order valence-electron chi connectivity index (χ1n) is 7.80. The fraction of sp³-hybridized carbons (Fsp3) is 0.412. The third-order valence-electron chi connectivity index (χ3n) is 4.22. The van der Waals surface area contributed by atoms with E-state index in [9.17, 15) is 13.6 Å². The van der Waals surface area contributed by atoms with Crippen LogP contribution in [0.4, 0.5) is 8.78 Å². The van der Waals surface area contributed by atoms with Gasteiger partial charge < -0.3 is 9.42 Å². The van der Waals surface area contributed by atoms with Gasteiger partial charge in [0.2, 0.25) is 0 Å². The molecule has 1 aliphatic rings. The third kappa shape index (κ3) is 3.02. The Kier molecular flexibility index (Phi) is 4.58. The van der Waals surface area contributed by atoms with Crippen LogP contribution in [-0.2, 0) is 0 Å². The number of benzene rings is 1. The number of hydrogen-bond donors (Lipinski definition) is 0. The van der Waals surface area contributed by atoms with Gasteiger partial charge in [0.15, 0.2) is 17.4 Å². The molecule has 128 valence electrons. The summed E-state index contributed by atoms with van der Waals surface area (Å²) in [6, 6.07) is 3.23. The van der Waals surface area contributed by atoms with Crippen LogP contribution in [0.1, 0.15) is 60.5 Å². The molecule has 0 saturated carbocycles. The summed E-state index contributed by atoms with van der Waals surface area (Å²) in [5.41, 5.74) is 0.765. The Balaban J connectivity index is 1.90. The van der Waals surface area contributed by atoms with Crippen molar-refractivity contribution in [2.75, 3.05) is 6.54 Å². The smallest absolute Gasteiger partial charge is 0.256 e. The summed E-state index contributed by atoms with van der Waals surface area (Å²) in [7, 11) is 0. The summed E-state index contributed by atoms with van der Waals surface area (Å²) in [5, 5.41) is 3.91. The fourth-order valence-corrected chi connectivity index (χ4v) is 3.11. The molecular weight excluding hydrogens is 338 g/mol. The number of aromatic nitrogens is 1. The monoisotopic (exact) mass is 354 g/mol. The van der Waals surface area contributed by atoms with Gasteiger partial charge in [0.25, 0.3) is 5.91 Å². The van der Waals surface area contributed by atoms with E-state index in [-0.39, 0.29) is 22.5 Å². The Bertz CT molecular complexity index is 776. The zero-order chi connectivity index (χ0) is 17.4. The molecule has 0 aliphatic carbocycles. The van der Waals surface area contributed by atoms with Gasteiger partial charge in [0.1, 0.15) is 0 Å². The predicted octanol–water partition coefficient (Wildman–Crippen LogP) is 4.71. The van der Waals surface area contributed by atoms with Gasteiger partial charge in [-0.15, -0.1) is 0 Å². The zero-order valence-electron chi connectivity index (χ0n) is 13.4. The average molecular weight is 355 g/mol. The van der Waals surface area contributed by atoms with E-state index in [0.717, 1.165) is 30.7 Å². The number of rotatable bonds is 3. The third-order valence-corrected chi connectivity index (χ3v) is 4.53.